The van der Waals surface area contributed by atoms with E-state index in [0.29, 0.717) is 0 Å². The van der Waals surface area contributed by atoms with Gasteiger partial charge in [-0.1, -0.05) is 5.16 Å². The molecule has 0 radical (unpaired) electrons. The van der Waals surface area contributed by atoms with Crippen molar-refractivity contribution in [2.45, 2.75) is 6.42 Å². The van der Waals surface area contributed by atoms with Crippen LogP contribution < -0.4 is 11.1 Å². The Hall–Kier alpha value is -1.69. The molecule has 0 fully saturated rings. The summed E-state index contributed by atoms with van der Waals surface area (Å²) in [5.41, 5.74) is 5.21. The number of amides is 1. The van der Waals surface area contributed by atoms with E-state index in [4.69, 9.17) is 27.0 Å². The Morgan fingerprint density at radius 3 is 2.93 bits per heavy atom. The van der Waals surface area contributed by atoms with Crippen LogP contribution in [-0.4, -0.2) is 23.5 Å². The summed E-state index contributed by atoms with van der Waals surface area (Å²) in [6.07, 6.45) is 0.261. The second-order valence-electron chi connectivity index (χ2n) is 2.70. The van der Waals surface area contributed by atoms with Gasteiger partial charge in [-0.15, -0.1) is 0 Å². The van der Waals surface area contributed by atoms with Crippen LogP contribution in [0.5, 0.6) is 0 Å². The molecule has 1 aromatic rings. The molecule has 0 aliphatic rings. The summed E-state index contributed by atoms with van der Waals surface area (Å²) >= 11 is 5.49. The lowest BCUT2D eigenvalue weighted by Gasteiger charge is -2.01. The zero-order chi connectivity index (χ0) is 11.3. The minimum atomic E-state index is -0.396. The first-order chi connectivity index (χ1) is 7.13. The van der Waals surface area contributed by atoms with E-state index in [1.165, 1.54) is 12.1 Å². The summed E-state index contributed by atoms with van der Waals surface area (Å²) in [5, 5.41) is 13.7. The van der Waals surface area contributed by atoms with Gasteiger partial charge >= 0.3 is 0 Å². The van der Waals surface area contributed by atoms with Gasteiger partial charge < -0.3 is 20.7 Å². The van der Waals surface area contributed by atoms with E-state index in [9.17, 15) is 4.79 Å². The predicted molar refractivity (Wildman–Crippen MR) is 54.1 cm³/mol. The summed E-state index contributed by atoms with van der Waals surface area (Å²) in [5.74, 6) is -0.222. The molecule has 1 aromatic heterocycles. The summed E-state index contributed by atoms with van der Waals surface area (Å²) < 4.78 is 4.87. The maximum absolute atomic E-state index is 11.3. The molecule has 7 heteroatoms. The molecule has 15 heavy (non-hydrogen) atoms. The number of hydrogen-bond donors (Lipinski definition) is 3. The van der Waals surface area contributed by atoms with Crippen molar-refractivity contribution in [3.8, 4) is 0 Å². The molecule has 0 aliphatic carbocycles. The lowest BCUT2D eigenvalue weighted by molar-refractivity contribution is 0.0927. The molecular formula is C8H10ClN3O3. The number of nitrogens with one attached hydrogen (secondary N) is 1. The highest BCUT2D eigenvalue weighted by Gasteiger charge is 2.09. The van der Waals surface area contributed by atoms with Crippen molar-refractivity contribution in [1.29, 1.82) is 0 Å². The van der Waals surface area contributed by atoms with Crippen molar-refractivity contribution in [3.63, 3.8) is 0 Å². The lowest BCUT2D eigenvalue weighted by Crippen LogP contribution is -2.27. The van der Waals surface area contributed by atoms with E-state index >= 15 is 0 Å². The Kier molecular flexibility index (Phi) is 3.99. The van der Waals surface area contributed by atoms with Crippen molar-refractivity contribution >= 4 is 23.3 Å². The fourth-order valence-corrected chi connectivity index (χ4v) is 1.02. The Balaban J connectivity index is 2.37. The molecule has 6 nitrogen and oxygen atoms in total. The van der Waals surface area contributed by atoms with Crippen molar-refractivity contribution < 1.29 is 14.4 Å². The van der Waals surface area contributed by atoms with Crippen LogP contribution >= 0.6 is 11.6 Å². The van der Waals surface area contributed by atoms with Crippen LogP contribution in [0, 0.1) is 0 Å². The number of furan rings is 1. The topological polar surface area (TPSA) is 101 Å². The molecule has 0 aromatic carbocycles. The minimum absolute atomic E-state index is 0.0489. The third-order valence-electron chi connectivity index (χ3n) is 1.59. The van der Waals surface area contributed by atoms with Crippen LogP contribution in [0.15, 0.2) is 21.7 Å². The third kappa shape index (κ3) is 3.51. The highest BCUT2D eigenvalue weighted by molar-refractivity contribution is 6.29. The van der Waals surface area contributed by atoms with Gasteiger partial charge in [0.15, 0.2) is 11.0 Å². The van der Waals surface area contributed by atoms with Gasteiger partial charge in [-0.3, -0.25) is 4.79 Å². The molecule has 0 bridgehead atoms. The number of carbonyl (C=O) groups is 1. The van der Waals surface area contributed by atoms with Crippen molar-refractivity contribution in [1.82, 2.24) is 5.32 Å². The first-order valence-electron chi connectivity index (χ1n) is 4.13. The van der Waals surface area contributed by atoms with Crippen LogP contribution in [-0.2, 0) is 0 Å². The second-order valence-corrected chi connectivity index (χ2v) is 3.07. The monoisotopic (exact) mass is 231 g/mol. The fourth-order valence-electron chi connectivity index (χ4n) is 0.878. The van der Waals surface area contributed by atoms with E-state index < -0.39 is 5.91 Å². The molecular weight excluding hydrogens is 222 g/mol. The third-order valence-corrected chi connectivity index (χ3v) is 1.80. The molecule has 0 atom stereocenters. The molecule has 0 unspecified atom stereocenters. The molecule has 0 saturated carbocycles. The average Bonchev–Trinajstić information content (AvgIpc) is 2.64. The predicted octanol–water partition coefficient (Wildman–Crippen LogP) is 0.799. The van der Waals surface area contributed by atoms with E-state index in [-0.39, 0.29) is 29.8 Å². The number of oxime groups is 1. The summed E-state index contributed by atoms with van der Waals surface area (Å²) in [7, 11) is 0. The normalized spacial score (nSPS) is 11.4. The van der Waals surface area contributed by atoms with E-state index in [2.05, 4.69) is 10.5 Å². The largest absolute Gasteiger partial charge is 0.440 e. The summed E-state index contributed by atoms with van der Waals surface area (Å²) in [6, 6.07) is 2.93. The van der Waals surface area contributed by atoms with Crippen LogP contribution in [0.25, 0.3) is 0 Å². The van der Waals surface area contributed by atoms with Gasteiger partial charge in [0, 0.05) is 13.0 Å². The van der Waals surface area contributed by atoms with E-state index in [1.54, 1.807) is 0 Å². The lowest BCUT2D eigenvalue weighted by atomic mass is 10.3. The molecule has 1 amide bonds. The Morgan fingerprint density at radius 2 is 2.40 bits per heavy atom. The molecule has 4 N–H and O–H groups in total. The smallest absolute Gasteiger partial charge is 0.287 e. The van der Waals surface area contributed by atoms with Crippen molar-refractivity contribution in [3.05, 3.63) is 23.1 Å². The fraction of sp³-hybridized carbons (Fsp3) is 0.250. The first kappa shape index (κ1) is 11.4. The van der Waals surface area contributed by atoms with Gasteiger partial charge in [0.2, 0.25) is 0 Å². The standard InChI is InChI=1S/C8H10ClN3O3/c9-6-2-1-5(15-6)8(13)11-4-3-7(10)12-14/h1-2,14H,3-4H2,(H2,10,12)(H,11,13). The minimum Gasteiger partial charge on any atom is -0.440 e. The Bertz CT molecular complexity index is 375. The molecule has 82 valence electrons. The van der Waals surface area contributed by atoms with Crippen LogP contribution in [0.3, 0.4) is 0 Å². The van der Waals surface area contributed by atoms with E-state index in [1.807, 2.05) is 0 Å². The van der Waals surface area contributed by atoms with Crippen LogP contribution in [0.2, 0.25) is 5.22 Å². The number of nitrogens with zero attached hydrogens (tertiary/aromatic N) is 1. The molecule has 1 rings (SSSR count). The number of hydrogen-bond acceptors (Lipinski definition) is 4. The number of nitrogens with two attached hydrogens (primary N) is 1. The zero-order valence-corrected chi connectivity index (χ0v) is 8.49. The number of carbonyl (C=O) groups excluding carboxylic acids is 1. The van der Waals surface area contributed by atoms with Gasteiger partial charge in [-0.05, 0) is 23.7 Å². The van der Waals surface area contributed by atoms with Gasteiger partial charge in [0.25, 0.3) is 5.91 Å². The van der Waals surface area contributed by atoms with Crippen LogP contribution in [0.4, 0.5) is 0 Å². The van der Waals surface area contributed by atoms with Crippen molar-refractivity contribution in [2.75, 3.05) is 6.54 Å². The highest BCUT2D eigenvalue weighted by Crippen LogP contribution is 2.12. The molecule has 0 aliphatic heterocycles. The second kappa shape index (κ2) is 5.26. The van der Waals surface area contributed by atoms with Crippen LogP contribution in [0.1, 0.15) is 17.0 Å². The van der Waals surface area contributed by atoms with Gasteiger partial charge in [-0.2, -0.15) is 0 Å². The highest BCUT2D eigenvalue weighted by atomic mass is 35.5. The van der Waals surface area contributed by atoms with Gasteiger partial charge in [0.1, 0.15) is 5.84 Å². The Labute approximate surface area is 90.7 Å². The summed E-state index contributed by atoms with van der Waals surface area (Å²) in [6.45, 7) is 0.257. The van der Waals surface area contributed by atoms with Gasteiger partial charge in [-0.25, -0.2) is 0 Å². The summed E-state index contributed by atoms with van der Waals surface area (Å²) in [4.78, 5) is 11.3. The quantitative estimate of drug-likeness (QED) is 0.309. The van der Waals surface area contributed by atoms with Gasteiger partial charge in [0.05, 0.1) is 0 Å². The maximum Gasteiger partial charge on any atom is 0.287 e. The molecule has 0 spiro atoms. The zero-order valence-electron chi connectivity index (χ0n) is 7.74. The number of amidine groups is 1. The number of halogens is 1. The maximum atomic E-state index is 11.3. The first-order valence-corrected chi connectivity index (χ1v) is 4.51. The Morgan fingerprint density at radius 1 is 1.67 bits per heavy atom. The average molecular weight is 232 g/mol. The van der Waals surface area contributed by atoms with E-state index in [0.717, 1.165) is 0 Å². The molecule has 1 heterocycles. The SMILES string of the molecule is N/C(CCNC(=O)c1ccc(Cl)o1)=N/O. The van der Waals surface area contributed by atoms with Crippen molar-refractivity contribution in [2.24, 2.45) is 10.9 Å². The number of rotatable bonds is 4. The molecule has 0 saturated heterocycles.